The Labute approximate surface area is 135 Å². The zero-order chi connectivity index (χ0) is 16.1. The largest absolute Gasteiger partial charge is 0.441 e. The summed E-state index contributed by atoms with van der Waals surface area (Å²) in [5, 5.41) is 9.47. The Morgan fingerprint density at radius 2 is 2.00 bits per heavy atom. The Kier molecular flexibility index (Phi) is 5.08. The van der Waals surface area contributed by atoms with Gasteiger partial charge in [-0.2, -0.15) is 0 Å². The van der Waals surface area contributed by atoms with E-state index in [1.165, 1.54) is 0 Å². The summed E-state index contributed by atoms with van der Waals surface area (Å²) in [6.07, 6.45) is 4.75. The third-order valence-electron chi connectivity index (χ3n) is 4.21. The number of carbonyl (C=O) groups is 1. The maximum absolute atomic E-state index is 12.1. The van der Waals surface area contributed by atoms with Gasteiger partial charge in [0.2, 0.25) is 5.91 Å². The Bertz CT molecular complexity index is 631. The van der Waals surface area contributed by atoms with Crippen molar-refractivity contribution in [2.24, 2.45) is 0 Å². The molecule has 23 heavy (non-hydrogen) atoms. The molecule has 0 spiro atoms. The van der Waals surface area contributed by atoms with Gasteiger partial charge in [-0.25, -0.2) is 4.98 Å². The van der Waals surface area contributed by atoms with E-state index in [0.717, 1.165) is 17.7 Å². The summed E-state index contributed by atoms with van der Waals surface area (Å²) in [6, 6.07) is 9.86. The van der Waals surface area contributed by atoms with Gasteiger partial charge in [0.05, 0.1) is 12.3 Å². The van der Waals surface area contributed by atoms with Crippen molar-refractivity contribution in [2.45, 2.75) is 38.2 Å². The van der Waals surface area contributed by atoms with E-state index in [1.807, 2.05) is 35.2 Å². The van der Waals surface area contributed by atoms with Crippen LogP contribution in [0.25, 0.3) is 11.3 Å². The van der Waals surface area contributed by atoms with Crippen molar-refractivity contribution in [3.63, 3.8) is 0 Å². The molecule has 1 aliphatic rings. The molecule has 3 rings (SSSR count). The Morgan fingerprint density at radius 3 is 2.74 bits per heavy atom. The van der Waals surface area contributed by atoms with E-state index >= 15 is 0 Å². The van der Waals surface area contributed by atoms with Crippen LogP contribution in [-0.2, 0) is 11.2 Å². The quantitative estimate of drug-likeness (QED) is 0.921. The van der Waals surface area contributed by atoms with Crippen molar-refractivity contribution in [2.75, 3.05) is 13.1 Å². The molecule has 2 heterocycles. The van der Waals surface area contributed by atoms with Crippen LogP contribution in [0, 0.1) is 0 Å². The lowest BCUT2D eigenvalue weighted by molar-refractivity contribution is -0.133. The van der Waals surface area contributed by atoms with Gasteiger partial charge in [0.15, 0.2) is 11.7 Å². The summed E-state index contributed by atoms with van der Waals surface area (Å²) in [4.78, 5) is 18.2. The molecule has 0 bridgehead atoms. The second kappa shape index (κ2) is 7.42. The van der Waals surface area contributed by atoms with Crippen molar-refractivity contribution in [1.82, 2.24) is 9.88 Å². The van der Waals surface area contributed by atoms with Gasteiger partial charge in [-0.15, -0.1) is 0 Å². The molecule has 2 aromatic rings. The number of piperidine rings is 1. The molecule has 1 aromatic heterocycles. The highest BCUT2D eigenvalue weighted by Crippen LogP contribution is 2.20. The van der Waals surface area contributed by atoms with Gasteiger partial charge in [0, 0.05) is 31.5 Å². The standard InChI is InChI=1S/C18H22N2O3/c21-15-9-11-20(12-10-15)18(22)8-4-7-17-19-13-16(23-17)14-5-2-1-3-6-14/h1-3,5-6,13,15,21H,4,7-12H2. The Hall–Kier alpha value is -2.14. The zero-order valence-electron chi connectivity index (χ0n) is 13.1. The minimum Gasteiger partial charge on any atom is -0.441 e. The number of aliphatic hydroxyl groups is 1. The molecule has 1 fully saturated rings. The molecule has 1 saturated heterocycles. The second-order valence-corrected chi connectivity index (χ2v) is 5.95. The molecule has 0 atom stereocenters. The number of oxazole rings is 1. The number of amides is 1. The van der Waals surface area contributed by atoms with Gasteiger partial charge >= 0.3 is 0 Å². The van der Waals surface area contributed by atoms with Crippen molar-refractivity contribution < 1.29 is 14.3 Å². The lowest BCUT2D eigenvalue weighted by Gasteiger charge is -2.29. The summed E-state index contributed by atoms with van der Waals surface area (Å²) in [5.74, 6) is 1.59. The SMILES string of the molecule is O=C(CCCc1ncc(-c2ccccc2)o1)N1CCC(O)CC1. The molecule has 5 nitrogen and oxygen atoms in total. The van der Waals surface area contributed by atoms with E-state index in [1.54, 1.807) is 6.20 Å². The topological polar surface area (TPSA) is 66.6 Å². The van der Waals surface area contributed by atoms with E-state index in [-0.39, 0.29) is 12.0 Å². The van der Waals surface area contributed by atoms with Gasteiger partial charge in [-0.1, -0.05) is 30.3 Å². The van der Waals surface area contributed by atoms with Crippen LogP contribution in [0.2, 0.25) is 0 Å². The fraction of sp³-hybridized carbons (Fsp3) is 0.444. The molecule has 1 aliphatic heterocycles. The monoisotopic (exact) mass is 314 g/mol. The fourth-order valence-corrected chi connectivity index (χ4v) is 2.83. The maximum atomic E-state index is 12.1. The molecule has 0 unspecified atom stereocenters. The van der Waals surface area contributed by atoms with Gasteiger partial charge in [-0.3, -0.25) is 4.79 Å². The molecular weight excluding hydrogens is 292 g/mol. The van der Waals surface area contributed by atoms with E-state index in [9.17, 15) is 9.90 Å². The maximum Gasteiger partial charge on any atom is 0.222 e. The third-order valence-corrected chi connectivity index (χ3v) is 4.21. The first-order chi connectivity index (χ1) is 11.2. The molecule has 0 aliphatic carbocycles. The van der Waals surface area contributed by atoms with E-state index in [2.05, 4.69) is 4.98 Å². The van der Waals surface area contributed by atoms with Gasteiger partial charge in [-0.05, 0) is 19.3 Å². The number of hydrogen-bond donors (Lipinski definition) is 1. The first-order valence-electron chi connectivity index (χ1n) is 8.18. The highest BCUT2D eigenvalue weighted by atomic mass is 16.4. The number of nitrogens with zero attached hydrogens (tertiary/aromatic N) is 2. The van der Waals surface area contributed by atoms with Crippen LogP contribution in [0.5, 0.6) is 0 Å². The minimum absolute atomic E-state index is 0.159. The number of benzene rings is 1. The number of rotatable bonds is 5. The number of carbonyl (C=O) groups excluding carboxylic acids is 1. The molecule has 1 aromatic carbocycles. The molecule has 5 heteroatoms. The van der Waals surface area contributed by atoms with Crippen LogP contribution < -0.4 is 0 Å². The van der Waals surface area contributed by atoms with E-state index < -0.39 is 0 Å². The number of likely N-dealkylation sites (tertiary alicyclic amines) is 1. The predicted octanol–water partition coefficient (Wildman–Crippen LogP) is 2.65. The van der Waals surface area contributed by atoms with Crippen LogP contribution in [0.15, 0.2) is 40.9 Å². The first kappa shape index (κ1) is 15.7. The van der Waals surface area contributed by atoms with Crippen LogP contribution in [0.4, 0.5) is 0 Å². The van der Waals surface area contributed by atoms with Crippen LogP contribution in [-0.4, -0.2) is 40.1 Å². The van der Waals surface area contributed by atoms with Crippen LogP contribution in [0.3, 0.4) is 0 Å². The van der Waals surface area contributed by atoms with Crippen molar-refractivity contribution in [1.29, 1.82) is 0 Å². The van der Waals surface area contributed by atoms with Crippen LogP contribution in [0.1, 0.15) is 31.6 Å². The van der Waals surface area contributed by atoms with Gasteiger partial charge in [0.1, 0.15) is 0 Å². The molecule has 0 saturated carbocycles. The molecular formula is C18H22N2O3. The lowest BCUT2D eigenvalue weighted by Crippen LogP contribution is -2.39. The average Bonchev–Trinajstić information content (AvgIpc) is 3.05. The van der Waals surface area contributed by atoms with E-state index in [4.69, 9.17) is 4.42 Å². The van der Waals surface area contributed by atoms with Crippen molar-refractivity contribution >= 4 is 5.91 Å². The predicted molar refractivity (Wildman–Crippen MR) is 86.7 cm³/mol. The second-order valence-electron chi connectivity index (χ2n) is 5.95. The molecule has 0 radical (unpaired) electrons. The zero-order valence-corrected chi connectivity index (χ0v) is 13.1. The van der Waals surface area contributed by atoms with Crippen molar-refractivity contribution in [3.05, 3.63) is 42.4 Å². The minimum atomic E-state index is -0.247. The van der Waals surface area contributed by atoms with Crippen molar-refractivity contribution in [3.8, 4) is 11.3 Å². The Balaban J connectivity index is 1.46. The number of aromatic nitrogens is 1. The molecule has 122 valence electrons. The fourth-order valence-electron chi connectivity index (χ4n) is 2.83. The number of aliphatic hydroxyl groups excluding tert-OH is 1. The number of aryl methyl sites for hydroxylation is 1. The highest BCUT2D eigenvalue weighted by molar-refractivity contribution is 5.76. The lowest BCUT2D eigenvalue weighted by atomic mass is 10.1. The molecule has 1 amide bonds. The first-order valence-corrected chi connectivity index (χ1v) is 8.18. The summed E-state index contributed by atoms with van der Waals surface area (Å²) in [5.41, 5.74) is 1.01. The van der Waals surface area contributed by atoms with Gasteiger partial charge in [0.25, 0.3) is 0 Å². The van der Waals surface area contributed by atoms with E-state index in [0.29, 0.717) is 44.7 Å². The normalized spacial score (nSPS) is 15.8. The van der Waals surface area contributed by atoms with Gasteiger partial charge < -0.3 is 14.4 Å². The Morgan fingerprint density at radius 1 is 1.26 bits per heavy atom. The third kappa shape index (κ3) is 4.20. The average molecular weight is 314 g/mol. The smallest absolute Gasteiger partial charge is 0.222 e. The highest BCUT2D eigenvalue weighted by Gasteiger charge is 2.20. The number of hydrogen-bond acceptors (Lipinski definition) is 4. The summed E-state index contributed by atoms with van der Waals surface area (Å²) in [6.45, 7) is 1.33. The summed E-state index contributed by atoms with van der Waals surface area (Å²) < 4.78 is 5.74. The molecule has 1 N–H and O–H groups in total. The summed E-state index contributed by atoms with van der Waals surface area (Å²) in [7, 11) is 0. The van der Waals surface area contributed by atoms with Crippen LogP contribution >= 0.6 is 0 Å². The summed E-state index contributed by atoms with van der Waals surface area (Å²) >= 11 is 0.